The Hall–Kier alpha value is -1.26. The van der Waals surface area contributed by atoms with Gasteiger partial charge in [-0.05, 0) is 44.4 Å². The van der Waals surface area contributed by atoms with Crippen molar-refractivity contribution in [2.75, 3.05) is 6.61 Å². The molecule has 2 rings (SSSR count). The summed E-state index contributed by atoms with van der Waals surface area (Å²) in [6.07, 6.45) is 2.53. The molecule has 0 radical (unpaired) electrons. The second-order valence-corrected chi connectivity index (χ2v) is 5.84. The number of amides is 1. The van der Waals surface area contributed by atoms with Crippen molar-refractivity contribution in [3.63, 3.8) is 0 Å². The van der Waals surface area contributed by atoms with Gasteiger partial charge in [-0.2, -0.15) is 0 Å². The van der Waals surface area contributed by atoms with Crippen LogP contribution >= 0.6 is 11.6 Å². The quantitative estimate of drug-likeness (QED) is 0.813. The largest absolute Gasteiger partial charge is 0.482 e. The molecule has 1 amide bonds. The number of ether oxygens (including phenoxy) is 1. The lowest BCUT2D eigenvalue weighted by atomic mass is 10.2. The molecular formula is C15H21ClN2O2. The molecular weight excluding hydrogens is 276 g/mol. The molecule has 0 unspecified atom stereocenters. The van der Waals surface area contributed by atoms with Crippen molar-refractivity contribution in [1.82, 2.24) is 10.6 Å². The first-order valence-corrected chi connectivity index (χ1v) is 7.36. The van der Waals surface area contributed by atoms with Gasteiger partial charge in [-0.25, -0.2) is 0 Å². The van der Waals surface area contributed by atoms with E-state index in [4.69, 9.17) is 16.3 Å². The summed E-state index contributed by atoms with van der Waals surface area (Å²) < 4.78 is 5.43. The van der Waals surface area contributed by atoms with Crippen LogP contribution in [0.1, 0.15) is 32.3 Å². The smallest absolute Gasteiger partial charge is 0.258 e. The molecule has 20 heavy (non-hydrogen) atoms. The molecule has 0 aliphatic heterocycles. The van der Waals surface area contributed by atoms with Crippen LogP contribution in [-0.2, 0) is 11.3 Å². The lowest BCUT2D eigenvalue weighted by Crippen LogP contribution is -2.34. The minimum atomic E-state index is -0.143. The lowest BCUT2D eigenvalue weighted by Gasteiger charge is -2.11. The van der Waals surface area contributed by atoms with Crippen molar-refractivity contribution in [3.05, 3.63) is 28.8 Å². The van der Waals surface area contributed by atoms with Crippen molar-refractivity contribution in [2.24, 2.45) is 0 Å². The zero-order valence-corrected chi connectivity index (χ0v) is 12.7. The van der Waals surface area contributed by atoms with Gasteiger partial charge in [0.05, 0.1) is 5.02 Å². The SMILES string of the molecule is CC(C)NC(=O)COc1ccc(CNC2CC2)cc1Cl. The summed E-state index contributed by atoms with van der Waals surface area (Å²) in [5, 5.41) is 6.73. The maximum absolute atomic E-state index is 11.5. The number of nitrogens with one attached hydrogen (secondary N) is 2. The lowest BCUT2D eigenvalue weighted by molar-refractivity contribution is -0.123. The second-order valence-electron chi connectivity index (χ2n) is 5.43. The Balaban J connectivity index is 1.83. The van der Waals surface area contributed by atoms with Crippen molar-refractivity contribution < 1.29 is 9.53 Å². The Bertz CT molecular complexity index is 473. The van der Waals surface area contributed by atoms with Gasteiger partial charge in [0.15, 0.2) is 6.61 Å². The van der Waals surface area contributed by atoms with Crippen LogP contribution in [0.4, 0.5) is 0 Å². The average Bonchev–Trinajstić information content (AvgIpc) is 3.18. The Labute approximate surface area is 124 Å². The van der Waals surface area contributed by atoms with Gasteiger partial charge in [-0.1, -0.05) is 17.7 Å². The van der Waals surface area contributed by atoms with E-state index in [1.165, 1.54) is 12.8 Å². The molecule has 0 saturated heterocycles. The fourth-order valence-corrected chi connectivity index (χ4v) is 2.09. The van der Waals surface area contributed by atoms with Gasteiger partial charge < -0.3 is 15.4 Å². The maximum Gasteiger partial charge on any atom is 0.258 e. The minimum absolute atomic E-state index is 0.0163. The molecule has 110 valence electrons. The number of carbonyl (C=O) groups is 1. The fraction of sp³-hybridized carbons (Fsp3) is 0.533. The van der Waals surface area contributed by atoms with Crippen molar-refractivity contribution >= 4 is 17.5 Å². The summed E-state index contributed by atoms with van der Waals surface area (Å²) in [4.78, 5) is 11.5. The van der Waals surface area contributed by atoms with Gasteiger partial charge in [-0.15, -0.1) is 0 Å². The van der Waals surface area contributed by atoms with Gasteiger partial charge in [0.25, 0.3) is 5.91 Å². The normalized spacial score (nSPS) is 14.4. The van der Waals surface area contributed by atoms with Gasteiger partial charge >= 0.3 is 0 Å². The fourth-order valence-electron chi connectivity index (χ4n) is 1.83. The summed E-state index contributed by atoms with van der Waals surface area (Å²) in [7, 11) is 0. The third kappa shape index (κ3) is 5.02. The van der Waals surface area contributed by atoms with Gasteiger partial charge in [0.1, 0.15) is 5.75 Å². The number of hydrogen-bond donors (Lipinski definition) is 2. The minimum Gasteiger partial charge on any atom is -0.482 e. The first-order chi connectivity index (χ1) is 9.54. The van der Waals surface area contributed by atoms with Crippen LogP contribution in [0.3, 0.4) is 0 Å². The van der Waals surface area contributed by atoms with E-state index in [9.17, 15) is 4.79 Å². The Morgan fingerprint density at radius 1 is 1.45 bits per heavy atom. The highest BCUT2D eigenvalue weighted by atomic mass is 35.5. The molecule has 0 bridgehead atoms. The van der Waals surface area contributed by atoms with E-state index >= 15 is 0 Å². The standard InChI is InChI=1S/C15H21ClN2O2/c1-10(2)18-15(19)9-20-14-6-3-11(7-13(14)16)8-17-12-4-5-12/h3,6-7,10,12,17H,4-5,8-9H2,1-2H3,(H,18,19). The molecule has 2 N–H and O–H groups in total. The highest BCUT2D eigenvalue weighted by Gasteiger charge is 2.20. The van der Waals surface area contributed by atoms with Crippen LogP contribution in [-0.4, -0.2) is 24.6 Å². The Morgan fingerprint density at radius 2 is 2.20 bits per heavy atom. The van der Waals surface area contributed by atoms with Gasteiger partial charge in [-0.3, -0.25) is 4.79 Å². The zero-order valence-electron chi connectivity index (χ0n) is 11.9. The summed E-state index contributed by atoms with van der Waals surface area (Å²) in [6, 6.07) is 6.44. The molecule has 0 heterocycles. The molecule has 1 saturated carbocycles. The van der Waals surface area contributed by atoms with Crippen LogP contribution < -0.4 is 15.4 Å². The number of benzene rings is 1. The Morgan fingerprint density at radius 3 is 2.80 bits per heavy atom. The molecule has 1 fully saturated rings. The number of halogens is 1. The molecule has 1 aromatic carbocycles. The first-order valence-electron chi connectivity index (χ1n) is 6.98. The summed E-state index contributed by atoms with van der Waals surface area (Å²) in [5.74, 6) is 0.399. The maximum atomic E-state index is 11.5. The van der Waals surface area contributed by atoms with Crippen LogP contribution in [0.15, 0.2) is 18.2 Å². The number of carbonyl (C=O) groups excluding carboxylic acids is 1. The number of hydrogen-bond acceptors (Lipinski definition) is 3. The van der Waals surface area contributed by atoms with Crippen LogP contribution in [0, 0.1) is 0 Å². The molecule has 0 aromatic heterocycles. The molecule has 0 atom stereocenters. The van der Waals surface area contributed by atoms with E-state index < -0.39 is 0 Å². The first kappa shape index (κ1) is 15.1. The topological polar surface area (TPSA) is 50.4 Å². The zero-order chi connectivity index (χ0) is 14.5. The average molecular weight is 297 g/mol. The molecule has 1 aliphatic rings. The molecule has 4 nitrogen and oxygen atoms in total. The van der Waals surface area contributed by atoms with Crippen molar-refractivity contribution in [3.8, 4) is 5.75 Å². The summed E-state index contributed by atoms with van der Waals surface area (Å²) >= 11 is 6.17. The summed E-state index contributed by atoms with van der Waals surface area (Å²) in [5.41, 5.74) is 1.13. The van der Waals surface area contributed by atoms with E-state index in [-0.39, 0.29) is 18.6 Å². The highest BCUT2D eigenvalue weighted by molar-refractivity contribution is 6.32. The van der Waals surface area contributed by atoms with Crippen LogP contribution in [0.25, 0.3) is 0 Å². The molecule has 1 aromatic rings. The van der Waals surface area contributed by atoms with Gasteiger partial charge in [0, 0.05) is 18.6 Å². The van der Waals surface area contributed by atoms with E-state index in [2.05, 4.69) is 10.6 Å². The van der Waals surface area contributed by atoms with E-state index in [1.54, 1.807) is 0 Å². The predicted octanol–water partition coefficient (Wildman–Crippen LogP) is 2.50. The number of rotatable bonds is 7. The Kier molecular flexibility index (Phi) is 5.26. The van der Waals surface area contributed by atoms with E-state index in [0.29, 0.717) is 16.8 Å². The molecule has 1 aliphatic carbocycles. The molecule has 5 heteroatoms. The van der Waals surface area contributed by atoms with Gasteiger partial charge in [0.2, 0.25) is 0 Å². The van der Waals surface area contributed by atoms with Crippen LogP contribution in [0.5, 0.6) is 5.75 Å². The summed E-state index contributed by atoms with van der Waals surface area (Å²) in [6.45, 7) is 4.62. The predicted molar refractivity (Wildman–Crippen MR) is 80.1 cm³/mol. The highest BCUT2D eigenvalue weighted by Crippen LogP contribution is 2.26. The van der Waals surface area contributed by atoms with Crippen molar-refractivity contribution in [1.29, 1.82) is 0 Å². The second kappa shape index (κ2) is 6.95. The van der Waals surface area contributed by atoms with Crippen LogP contribution in [0.2, 0.25) is 5.02 Å². The van der Waals surface area contributed by atoms with E-state index in [0.717, 1.165) is 12.1 Å². The van der Waals surface area contributed by atoms with E-state index in [1.807, 2.05) is 32.0 Å². The molecule has 0 spiro atoms. The third-order valence-corrected chi connectivity index (χ3v) is 3.27. The third-order valence-electron chi connectivity index (χ3n) is 2.98. The monoisotopic (exact) mass is 296 g/mol. The van der Waals surface area contributed by atoms with Crippen molar-refractivity contribution in [2.45, 2.75) is 45.3 Å².